The number of aliphatic imine (C=N–C) groups is 1. The minimum absolute atomic E-state index is 0.0949. The highest BCUT2D eigenvalue weighted by Crippen LogP contribution is 2.61. The molecule has 0 amide bonds. The van der Waals surface area contributed by atoms with Crippen molar-refractivity contribution < 1.29 is 0 Å². The summed E-state index contributed by atoms with van der Waals surface area (Å²) in [7, 11) is 0. The van der Waals surface area contributed by atoms with Gasteiger partial charge in [-0.1, -0.05) is 75.0 Å². The van der Waals surface area contributed by atoms with Crippen LogP contribution in [0.5, 0.6) is 0 Å². The highest BCUT2D eigenvalue weighted by Gasteiger charge is 2.55. The molecule has 1 saturated carbocycles. The molecule has 3 unspecified atom stereocenters. The third-order valence-electron chi connectivity index (χ3n) is 7.09. The van der Waals surface area contributed by atoms with Gasteiger partial charge in [-0.25, -0.2) is 0 Å². The topological polar surface area (TPSA) is 12.4 Å². The van der Waals surface area contributed by atoms with Gasteiger partial charge in [0.05, 0.1) is 5.69 Å². The highest BCUT2D eigenvalue weighted by atomic mass is 35.5. The second-order valence-electron chi connectivity index (χ2n) is 8.79. The average Bonchev–Trinajstić information content (AvgIpc) is 3.00. The molecule has 1 spiro atoms. The SMILES string of the molecule is CCC(C)(C)C1CCCC(c2cccc(Cl)c2)C12C=Nc1cc(Cl)ccc12. The number of hydrogen-bond donors (Lipinski definition) is 0. The molecule has 3 atom stereocenters. The van der Waals surface area contributed by atoms with Crippen molar-refractivity contribution in [3.8, 4) is 0 Å². The van der Waals surface area contributed by atoms with Gasteiger partial charge >= 0.3 is 0 Å². The molecular formula is C24H27Cl2N. The molecule has 2 aromatic carbocycles. The molecule has 1 aliphatic heterocycles. The summed E-state index contributed by atoms with van der Waals surface area (Å²) in [6.07, 6.45) is 7.03. The van der Waals surface area contributed by atoms with Gasteiger partial charge in [0.25, 0.3) is 0 Å². The van der Waals surface area contributed by atoms with E-state index in [1.165, 1.54) is 24.0 Å². The molecule has 0 saturated heterocycles. The first kappa shape index (κ1) is 19.0. The van der Waals surface area contributed by atoms with Crippen LogP contribution in [0.4, 0.5) is 5.69 Å². The Morgan fingerprint density at radius 1 is 1.07 bits per heavy atom. The first-order valence-electron chi connectivity index (χ1n) is 9.99. The van der Waals surface area contributed by atoms with Crippen LogP contribution in [0.25, 0.3) is 0 Å². The smallest absolute Gasteiger partial charge is 0.0682 e. The van der Waals surface area contributed by atoms with E-state index in [0.29, 0.717) is 11.8 Å². The summed E-state index contributed by atoms with van der Waals surface area (Å²) in [5.41, 5.74) is 3.83. The minimum Gasteiger partial charge on any atom is -0.260 e. The second-order valence-corrected chi connectivity index (χ2v) is 9.66. The molecule has 2 aromatic rings. The van der Waals surface area contributed by atoms with Crippen molar-refractivity contribution >= 4 is 35.1 Å². The molecule has 0 N–H and O–H groups in total. The molecule has 1 aliphatic carbocycles. The normalized spacial score (nSPS) is 27.1. The van der Waals surface area contributed by atoms with Gasteiger partial charge in [0.2, 0.25) is 0 Å². The summed E-state index contributed by atoms with van der Waals surface area (Å²) in [6, 6.07) is 14.7. The van der Waals surface area contributed by atoms with E-state index < -0.39 is 0 Å². The van der Waals surface area contributed by atoms with Crippen LogP contribution in [-0.2, 0) is 5.41 Å². The van der Waals surface area contributed by atoms with Crippen LogP contribution >= 0.6 is 23.2 Å². The van der Waals surface area contributed by atoms with Crippen molar-refractivity contribution in [2.75, 3.05) is 0 Å². The van der Waals surface area contributed by atoms with Crippen LogP contribution in [0.1, 0.15) is 63.5 Å². The Bertz CT molecular complexity index is 886. The minimum atomic E-state index is -0.0949. The van der Waals surface area contributed by atoms with Gasteiger partial charge in [-0.15, -0.1) is 0 Å². The lowest BCUT2D eigenvalue weighted by Gasteiger charge is -2.53. The van der Waals surface area contributed by atoms with Crippen molar-refractivity contribution in [2.24, 2.45) is 16.3 Å². The van der Waals surface area contributed by atoms with E-state index in [1.807, 2.05) is 18.2 Å². The van der Waals surface area contributed by atoms with E-state index >= 15 is 0 Å². The molecule has 142 valence electrons. The zero-order valence-electron chi connectivity index (χ0n) is 16.3. The van der Waals surface area contributed by atoms with Gasteiger partial charge in [0, 0.05) is 21.7 Å². The Balaban J connectivity index is 1.94. The van der Waals surface area contributed by atoms with Gasteiger partial charge in [-0.3, -0.25) is 4.99 Å². The molecule has 0 radical (unpaired) electrons. The third-order valence-corrected chi connectivity index (χ3v) is 7.56. The van der Waals surface area contributed by atoms with Crippen LogP contribution in [0.2, 0.25) is 10.0 Å². The lowest BCUT2D eigenvalue weighted by Crippen LogP contribution is -2.50. The maximum Gasteiger partial charge on any atom is 0.0682 e. The maximum atomic E-state index is 6.38. The fraction of sp³-hybridized carbons (Fsp3) is 0.458. The summed E-state index contributed by atoms with van der Waals surface area (Å²) in [6.45, 7) is 7.15. The third kappa shape index (κ3) is 3.04. The fourth-order valence-electron chi connectivity index (χ4n) is 5.48. The van der Waals surface area contributed by atoms with Gasteiger partial charge in [0.15, 0.2) is 0 Å². The van der Waals surface area contributed by atoms with Crippen LogP contribution < -0.4 is 0 Å². The molecule has 0 aromatic heterocycles. The number of halogens is 2. The maximum absolute atomic E-state index is 6.38. The van der Waals surface area contributed by atoms with E-state index in [2.05, 4.69) is 51.3 Å². The Hall–Kier alpha value is -1.31. The van der Waals surface area contributed by atoms with E-state index in [9.17, 15) is 0 Å². The molecule has 1 nitrogen and oxygen atoms in total. The summed E-state index contributed by atoms with van der Waals surface area (Å²) in [4.78, 5) is 4.89. The van der Waals surface area contributed by atoms with Gasteiger partial charge in [-0.2, -0.15) is 0 Å². The average molecular weight is 400 g/mol. The summed E-state index contributed by atoms with van der Waals surface area (Å²) in [5, 5.41) is 1.56. The van der Waals surface area contributed by atoms with E-state index in [1.54, 1.807) is 0 Å². The van der Waals surface area contributed by atoms with Gasteiger partial charge < -0.3 is 0 Å². The molecular weight excluding hydrogens is 373 g/mol. The largest absolute Gasteiger partial charge is 0.260 e. The number of hydrogen-bond acceptors (Lipinski definition) is 1. The zero-order chi connectivity index (χ0) is 19.2. The lowest BCUT2D eigenvalue weighted by atomic mass is 9.50. The predicted octanol–water partition coefficient (Wildman–Crippen LogP) is 7.97. The Morgan fingerprint density at radius 3 is 2.59 bits per heavy atom. The summed E-state index contributed by atoms with van der Waals surface area (Å²) < 4.78 is 0. The molecule has 1 fully saturated rings. The summed E-state index contributed by atoms with van der Waals surface area (Å²) >= 11 is 12.7. The van der Waals surface area contributed by atoms with E-state index in [0.717, 1.165) is 28.6 Å². The van der Waals surface area contributed by atoms with Crippen molar-refractivity contribution in [1.29, 1.82) is 0 Å². The highest BCUT2D eigenvalue weighted by molar-refractivity contribution is 6.31. The first-order valence-corrected chi connectivity index (χ1v) is 10.7. The van der Waals surface area contributed by atoms with Crippen LogP contribution in [0.3, 0.4) is 0 Å². The fourth-order valence-corrected chi connectivity index (χ4v) is 5.84. The molecule has 0 bridgehead atoms. The number of rotatable bonds is 3. The quantitative estimate of drug-likeness (QED) is 0.495. The van der Waals surface area contributed by atoms with Crippen molar-refractivity contribution in [1.82, 2.24) is 0 Å². The Morgan fingerprint density at radius 2 is 1.85 bits per heavy atom. The van der Waals surface area contributed by atoms with Crippen LogP contribution in [0.15, 0.2) is 47.5 Å². The molecule has 27 heavy (non-hydrogen) atoms. The van der Waals surface area contributed by atoms with Crippen molar-refractivity contribution in [3.63, 3.8) is 0 Å². The summed E-state index contributed by atoms with van der Waals surface area (Å²) in [5.74, 6) is 0.908. The van der Waals surface area contributed by atoms with E-state index in [-0.39, 0.29) is 10.8 Å². The second kappa shape index (κ2) is 6.94. The van der Waals surface area contributed by atoms with E-state index in [4.69, 9.17) is 28.2 Å². The van der Waals surface area contributed by atoms with Crippen molar-refractivity contribution in [2.45, 2.75) is 57.8 Å². The standard InChI is InChI=1S/C24H27Cl2N/c1-4-23(2,3)22-10-6-9-19(16-7-5-8-17(25)13-16)24(22)15-27-21-14-18(26)11-12-20(21)24/h5,7-8,11-15,19,22H,4,6,9-10H2,1-3H3. The monoisotopic (exact) mass is 399 g/mol. The molecule has 3 heteroatoms. The number of fused-ring (bicyclic) bond motifs is 2. The van der Waals surface area contributed by atoms with Crippen LogP contribution in [-0.4, -0.2) is 6.21 Å². The zero-order valence-corrected chi connectivity index (χ0v) is 17.8. The Labute approximate surface area is 172 Å². The lowest BCUT2D eigenvalue weighted by molar-refractivity contribution is 0.0859. The van der Waals surface area contributed by atoms with Gasteiger partial charge in [-0.05, 0) is 65.5 Å². The molecule has 4 rings (SSSR count). The van der Waals surface area contributed by atoms with Gasteiger partial charge in [0.1, 0.15) is 0 Å². The van der Waals surface area contributed by atoms with Crippen LogP contribution in [0, 0.1) is 11.3 Å². The molecule has 1 heterocycles. The van der Waals surface area contributed by atoms with Crippen molar-refractivity contribution in [3.05, 3.63) is 63.6 Å². The number of nitrogens with zero attached hydrogens (tertiary/aromatic N) is 1. The Kier molecular flexibility index (Phi) is 4.89. The number of benzene rings is 2. The first-order chi connectivity index (χ1) is 12.9. The predicted molar refractivity (Wildman–Crippen MR) is 117 cm³/mol. The molecule has 2 aliphatic rings.